The van der Waals surface area contributed by atoms with Crippen molar-refractivity contribution in [3.05, 3.63) is 110 Å². The zero-order chi connectivity index (χ0) is 25.1. The summed E-state index contributed by atoms with van der Waals surface area (Å²) in [5, 5.41) is 5.15. The van der Waals surface area contributed by atoms with E-state index in [0.29, 0.717) is 13.1 Å². The van der Waals surface area contributed by atoms with Crippen molar-refractivity contribution < 1.29 is 59.8 Å². The number of hydrogen-bond donors (Lipinski definition) is 1. The molecule has 1 aromatic carbocycles. The van der Waals surface area contributed by atoms with E-state index < -0.39 is 10.0 Å². The average molecular weight is 733 g/mol. The van der Waals surface area contributed by atoms with Crippen LogP contribution < -0.4 is 22.1 Å². The van der Waals surface area contributed by atoms with Crippen LogP contribution in [0.2, 0.25) is 0 Å². The molecule has 0 spiro atoms. The third-order valence-electron chi connectivity index (χ3n) is 4.19. The van der Waals surface area contributed by atoms with E-state index in [1.807, 2.05) is 36.4 Å². The Morgan fingerprint density at radius 1 is 0.771 bits per heavy atom. The standard InChI is InChI=1S/C20H22N4O2S.3CO.BrH.Re/c21-27(25,26)20-9-7-17(8-10-20)11-14-24(15-18-5-1-3-12-22-18)16-19-6-2-4-13-23-19;3*1-2;;/h1-10,12-13H,11,14-16H2,(H2,21,25,26);;;;1H;/p-1. The topological polar surface area (TPSA) is 149 Å². The van der Waals surface area contributed by atoms with E-state index in [9.17, 15) is 8.42 Å². The van der Waals surface area contributed by atoms with E-state index in [1.165, 1.54) is 0 Å². The van der Waals surface area contributed by atoms with Crippen LogP contribution in [0.15, 0.2) is 78.0 Å². The molecule has 12 heteroatoms. The Labute approximate surface area is 229 Å². The first-order valence-electron chi connectivity index (χ1n) is 9.26. The number of aromatic nitrogens is 2. The van der Waals surface area contributed by atoms with E-state index in [2.05, 4.69) is 34.8 Å². The summed E-state index contributed by atoms with van der Waals surface area (Å²) in [6.07, 6.45) is 4.37. The molecular weight excluding hydrogens is 710 g/mol. The van der Waals surface area contributed by atoms with Crippen molar-refractivity contribution in [1.29, 1.82) is 0 Å². The normalized spacial score (nSPS) is 9.14. The zero-order valence-electron chi connectivity index (χ0n) is 18.4. The second kappa shape index (κ2) is 22.2. The van der Waals surface area contributed by atoms with Crippen LogP contribution in [0, 0.1) is 20.0 Å². The Morgan fingerprint density at radius 3 is 1.54 bits per heavy atom. The predicted molar refractivity (Wildman–Crippen MR) is 116 cm³/mol. The molecule has 0 saturated carbocycles. The van der Waals surface area contributed by atoms with Crippen LogP contribution in [-0.2, 0) is 63.9 Å². The fourth-order valence-electron chi connectivity index (χ4n) is 2.79. The summed E-state index contributed by atoms with van der Waals surface area (Å²) in [5.74, 6) is 0. The van der Waals surface area contributed by atoms with Crippen LogP contribution in [0.3, 0.4) is 0 Å². The van der Waals surface area contributed by atoms with E-state index in [0.717, 1.165) is 29.9 Å². The Morgan fingerprint density at radius 2 is 1.20 bits per heavy atom. The summed E-state index contributed by atoms with van der Waals surface area (Å²) < 4.78 is 45.2. The van der Waals surface area contributed by atoms with Gasteiger partial charge >= 0.3 is 33.9 Å². The number of sulfonamides is 1. The molecule has 0 saturated heterocycles. The summed E-state index contributed by atoms with van der Waals surface area (Å²) in [6.45, 7) is 15.7. The van der Waals surface area contributed by atoms with Crippen molar-refractivity contribution in [3.63, 3.8) is 0 Å². The van der Waals surface area contributed by atoms with E-state index in [1.54, 1.807) is 36.7 Å². The summed E-state index contributed by atoms with van der Waals surface area (Å²) in [7, 11) is -3.66. The minimum absolute atomic E-state index is 0. The number of nitrogens with two attached hydrogens (primary N) is 1. The Balaban J connectivity index is -0.00000119. The van der Waals surface area contributed by atoms with Gasteiger partial charge in [0, 0.05) is 52.5 Å². The van der Waals surface area contributed by atoms with Gasteiger partial charge in [0.25, 0.3) is 0 Å². The van der Waals surface area contributed by atoms with Gasteiger partial charge in [-0.05, 0) is 48.4 Å². The summed E-state index contributed by atoms with van der Waals surface area (Å²) in [5.41, 5.74) is 3.05. The molecule has 185 valence electrons. The minimum Gasteiger partial charge on any atom is 0 e. The predicted octanol–water partition coefficient (Wildman–Crippen LogP) is -0.742. The van der Waals surface area contributed by atoms with Crippen LogP contribution in [0.5, 0.6) is 0 Å². The SMILES string of the molecule is NS(=O)(=O)c1ccc(CCN(Cc2ccccn2)Cc2ccccn2)cc1.[Br-].[C-]#[O+].[C-]#[O+].[C-]#[O+].[Re]. The third-order valence-corrected chi connectivity index (χ3v) is 5.12. The number of pyridine rings is 2. The summed E-state index contributed by atoms with van der Waals surface area (Å²) >= 11 is 0. The smallest absolute Gasteiger partial charge is 0 e. The van der Waals surface area contributed by atoms with Gasteiger partial charge in [-0.1, -0.05) is 24.3 Å². The maximum atomic E-state index is 11.4. The summed E-state index contributed by atoms with van der Waals surface area (Å²) in [4.78, 5) is 11.2. The maximum absolute atomic E-state index is 11.4. The number of hydrogen-bond acceptors (Lipinski definition) is 5. The van der Waals surface area contributed by atoms with Gasteiger partial charge in [0.2, 0.25) is 10.0 Å². The molecular formula is C23H22BrN4O5ReS-. The fourth-order valence-corrected chi connectivity index (χ4v) is 3.30. The van der Waals surface area contributed by atoms with Crippen molar-refractivity contribution in [3.8, 4) is 0 Å². The first kappa shape index (κ1) is 37.3. The molecule has 9 nitrogen and oxygen atoms in total. The molecule has 0 amide bonds. The number of rotatable bonds is 8. The molecule has 0 atom stereocenters. The molecule has 3 rings (SSSR count). The van der Waals surface area contributed by atoms with Crippen molar-refractivity contribution in [1.82, 2.24) is 14.9 Å². The number of primary sulfonamides is 1. The molecule has 35 heavy (non-hydrogen) atoms. The van der Waals surface area contributed by atoms with Crippen molar-refractivity contribution in [2.45, 2.75) is 24.4 Å². The maximum Gasteiger partial charge on any atom is 0 e. The third kappa shape index (κ3) is 15.4. The monoisotopic (exact) mass is 732 g/mol. The van der Waals surface area contributed by atoms with Crippen molar-refractivity contribution >= 4 is 10.0 Å². The minimum atomic E-state index is -3.66. The molecule has 0 fully saturated rings. The van der Waals surface area contributed by atoms with Crippen LogP contribution in [0.4, 0.5) is 0 Å². The Kier molecular flexibility index (Phi) is 23.7. The number of halogens is 1. The van der Waals surface area contributed by atoms with Gasteiger partial charge in [-0.3, -0.25) is 14.9 Å². The number of nitrogens with zero attached hydrogens (tertiary/aromatic N) is 3. The second-order valence-electron chi connectivity index (χ2n) is 6.29. The molecule has 0 aliphatic rings. The van der Waals surface area contributed by atoms with Gasteiger partial charge in [0.05, 0.1) is 16.3 Å². The van der Waals surface area contributed by atoms with Gasteiger partial charge < -0.3 is 17.0 Å². The van der Waals surface area contributed by atoms with Gasteiger partial charge in [-0.2, -0.15) is 0 Å². The first-order chi connectivity index (χ1) is 16.0. The van der Waals surface area contributed by atoms with Gasteiger partial charge in [0.1, 0.15) is 0 Å². The van der Waals surface area contributed by atoms with Gasteiger partial charge in [0.15, 0.2) is 0 Å². The number of benzene rings is 1. The molecule has 2 heterocycles. The van der Waals surface area contributed by atoms with Crippen molar-refractivity contribution in [2.24, 2.45) is 5.14 Å². The molecule has 1 radical (unpaired) electrons. The molecule has 0 aliphatic carbocycles. The average Bonchev–Trinajstić information content (AvgIpc) is 2.87. The molecule has 2 aromatic heterocycles. The molecule has 3 aromatic rings. The van der Waals surface area contributed by atoms with Crippen LogP contribution in [-0.4, -0.2) is 29.8 Å². The Bertz CT molecular complexity index is 1040. The van der Waals surface area contributed by atoms with E-state index in [-0.39, 0.29) is 42.3 Å². The van der Waals surface area contributed by atoms with Crippen LogP contribution >= 0.6 is 0 Å². The molecule has 0 aliphatic heterocycles. The zero-order valence-corrected chi connectivity index (χ0v) is 23.5. The van der Waals surface area contributed by atoms with Crippen molar-refractivity contribution in [2.75, 3.05) is 6.54 Å². The Hall–Kier alpha value is -2.25. The quantitative estimate of drug-likeness (QED) is 0.239. The molecule has 0 bridgehead atoms. The fraction of sp³-hybridized carbons (Fsp3) is 0.174. The first-order valence-corrected chi connectivity index (χ1v) is 10.8. The van der Waals surface area contributed by atoms with E-state index in [4.69, 9.17) is 19.1 Å². The van der Waals surface area contributed by atoms with Crippen LogP contribution in [0.1, 0.15) is 17.0 Å². The second-order valence-corrected chi connectivity index (χ2v) is 7.85. The van der Waals surface area contributed by atoms with Crippen LogP contribution in [0.25, 0.3) is 0 Å². The van der Waals surface area contributed by atoms with Gasteiger partial charge in [-0.25, -0.2) is 13.6 Å². The molecule has 0 unspecified atom stereocenters. The largest absolute Gasteiger partial charge is 0 e. The van der Waals surface area contributed by atoms with Gasteiger partial charge in [-0.15, -0.1) is 0 Å². The van der Waals surface area contributed by atoms with E-state index >= 15 is 0 Å². The summed E-state index contributed by atoms with van der Waals surface area (Å²) in [6, 6.07) is 18.5. The molecule has 2 N–H and O–H groups in total.